The topological polar surface area (TPSA) is 47.4 Å². The van der Waals surface area contributed by atoms with Crippen LogP contribution < -0.4 is 0 Å². The third-order valence-corrected chi connectivity index (χ3v) is 3.88. The summed E-state index contributed by atoms with van der Waals surface area (Å²) in [7, 11) is 0. The molecule has 100 valence electrons. The molecule has 0 atom stereocenters. The Morgan fingerprint density at radius 1 is 1.50 bits per heavy atom. The lowest BCUT2D eigenvalue weighted by Crippen LogP contribution is -2.35. The predicted octanol–water partition coefficient (Wildman–Crippen LogP) is 1.11. The molecule has 18 heavy (non-hydrogen) atoms. The molecule has 1 aromatic rings. The van der Waals surface area contributed by atoms with Crippen molar-refractivity contribution in [2.75, 3.05) is 37.7 Å². The Labute approximate surface area is 111 Å². The summed E-state index contributed by atoms with van der Waals surface area (Å²) in [6.45, 7) is 6.22. The summed E-state index contributed by atoms with van der Waals surface area (Å²) in [5.74, 6) is 2.08. The van der Waals surface area contributed by atoms with Crippen LogP contribution >= 0.6 is 11.8 Å². The van der Waals surface area contributed by atoms with Crippen molar-refractivity contribution in [2.24, 2.45) is 0 Å². The van der Waals surface area contributed by atoms with Crippen LogP contribution in [0.3, 0.4) is 0 Å². The number of aryl methyl sites for hydroxylation is 1. The summed E-state index contributed by atoms with van der Waals surface area (Å²) in [4.78, 5) is 14.1. The predicted molar refractivity (Wildman–Crippen MR) is 71.9 cm³/mol. The molecule has 2 heterocycles. The first kappa shape index (κ1) is 13.4. The molecule has 1 fully saturated rings. The Bertz CT molecular complexity index is 388. The largest absolute Gasteiger partial charge is 0.461 e. The van der Waals surface area contributed by atoms with Gasteiger partial charge in [0.05, 0.1) is 11.8 Å². The quantitative estimate of drug-likeness (QED) is 0.749. The van der Waals surface area contributed by atoms with E-state index < -0.39 is 0 Å². The van der Waals surface area contributed by atoms with Crippen LogP contribution in [0.4, 0.5) is 0 Å². The molecule has 1 aliphatic rings. The first-order chi connectivity index (χ1) is 8.79. The number of thioether (sulfide) groups is 1. The molecule has 0 saturated carbocycles. The first-order valence-electron chi connectivity index (χ1n) is 6.29. The average molecular weight is 269 g/mol. The van der Waals surface area contributed by atoms with Gasteiger partial charge in [0.1, 0.15) is 6.61 Å². The number of carbonyl (C=O) groups is 1. The van der Waals surface area contributed by atoms with Crippen LogP contribution in [0.5, 0.6) is 0 Å². The van der Waals surface area contributed by atoms with Crippen LogP contribution in [-0.4, -0.2) is 58.4 Å². The van der Waals surface area contributed by atoms with Gasteiger partial charge in [0.25, 0.3) is 0 Å². The fourth-order valence-electron chi connectivity index (χ4n) is 1.82. The van der Waals surface area contributed by atoms with Crippen LogP contribution in [0.15, 0.2) is 12.4 Å². The number of ether oxygens (including phenoxy) is 1. The highest BCUT2D eigenvalue weighted by Gasteiger charge is 2.13. The summed E-state index contributed by atoms with van der Waals surface area (Å²) in [6, 6.07) is 0. The summed E-state index contributed by atoms with van der Waals surface area (Å²) < 4.78 is 6.97. The van der Waals surface area contributed by atoms with Gasteiger partial charge in [-0.25, -0.2) is 4.79 Å². The van der Waals surface area contributed by atoms with Crippen molar-refractivity contribution in [2.45, 2.75) is 13.5 Å². The Hall–Kier alpha value is -1.01. The number of nitrogens with zero attached hydrogens (tertiary/aromatic N) is 3. The maximum atomic E-state index is 11.7. The SMILES string of the molecule is CCn1cc(C(=O)OCCN2CCSCC2)cn1. The van der Waals surface area contributed by atoms with Crippen molar-refractivity contribution < 1.29 is 9.53 Å². The van der Waals surface area contributed by atoms with Gasteiger partial charge in [-0.15, -0.1) is 0 Å². The zero-order chi connectivity index (χ0) is 12.8. The van der Waals surface area contributed by atoms with E-state index in [-0.39, 0.29) is 5.97 Å². The number of esters is 1. The molecule has 1 aromatic heterocycles. The smallest absolute Gasteiger partial charge is 0.341 e. The normalized spacial score (nSPS) is 16.7. The Morgan fingerprint density at radius 3 is 2.94 bits per heavy atom. The number of hydrogen-bond donors (Lipinski definition) is 0. The summed E-state index contributed by atoms with van der Waals surface area (Å²) in [5, 5.41) is 4.06. The van der Waals surface area contributed by atoms with Gasteiger partial charge < -0.3 is 4.74 Å². The lowest BCUT2D eigenvalue weighted by atomic mass is 10.4. The number of hydrogen-bond acceptors (Lipinski definition) is 5. The van der Waals surface area contributed by atoms with E-state index in [1.165, 1.54) is 11.5 Å². The molecule has 2 rings (SSSR count). The minimum atomic E-state index is -0.277. The van der Waals surface area contributed by atoms with Gasteiger partial charge in [0, 0.05) is 43.9 Å². The summed E-state index contributed by atoms with van der Waals surface area (Å²) >= 11 is 1.98. The van der Waals surface area contributed by atoms with Crippen LogP contribution in [0, 0.1) is 0 Å². The van der Waals surface area contributed by atoms with Crippen LogP contribution in [0.25, 0.3) is 0 Å². The van der Waals surface area contributed by atoms with Crippen LogP contribution in [-0.2, 0) is 11.3 Å². The van der Waals surface area contributed by atoms with Gasteiger partial charge >= 0.3 is 5.97 Å². The molecule has 0 amide bonds. The van der Waals surface area contributed by atoms with Gasteiger partial charge in [-0.05, 0) is 6.92 Å². The zero-order valence-electron chi connectivity index (χ0n) is 10.7. The van der Waals surface area contributed by atoms with Crippen molar-refractivity contribution in [1.82, 2.24) is 14.7 Å². The molecule has 5 nitrogen and oxygen atoms in total. The maximum Gasteiger partial charge on any atom is 0.341 e. The fourth-order valence-corrected chi connectivity index (χ4v) is 2.80. The molecule has 0 spiro atoms. The lowest BCUT2D eigenvalue weighted by Gasteiger charge is -2.25. The van der Waals surface area contributed by atoms with Gasteiger partial charge in [0.2, 0.25) is 0 Å². The lowest BCUT2D eigenvalue weighted by molar-refractivity contribution is 0.0466. The van der Waals surface area contributed by atoms with Crippen LogP contribution in [0.1, 0.15) is 17.3 Å². The Balaban J connectivity index is 1.70. The molecule has 1 aliphatic heterocycles. The van der Waals surface area contributed by atoms with Gasteiger partial charge in [0.15, 0.2) is 0 Å². The van der Waals surface area contributed by atoms with Crippen molar-refractivity contribution in [3.05, 3.63) is 18.0 Å². The minimum absolute atomic E-state index is 0.277. The van der Waals surface area contributed by atoms with E-state index >= 15 is 0 Å². The maximum absolute atomic E-state index is 11.7. The summed E-state index contributed by atoms with van der Waals surface area (Å²) in [6.07, 6.45) is 3.28. The van der Waals surface area contributed by atoms with E-state index in [4.69, 9.17) is 4.74 Å². The Morgan fingerprint density at radius 2 is 2.28 bits per heavy atom. The van der Waals surface area contributed by atoms with E-state index in [1.54, 1.807) is 17.1 Å². The van der Waals surface area contributed by atoms with Crippen molar-refractivity contribution >= 4 is 17.7 Å². The molecular formula is C12H19N3O2S. The first-order valence-corrected chi connectivity index (χ1v) is 7.44. The molecule has 0 aliphatic carbocycles. The van der Waals surface area contributed by atoms with Gasteiger partial charge in [-0.3, -0.25) is 9.58 Å². The molecule has 6 heteroatoms. The fraction of sp³-hybridized carbons (Fsp3) is 0.667. The number of carbonyl (C=O) groups excluding carboxylic acids is 1. The van der Waals surface area contributed by atoms with E-state index in [2.05, 4.69) is 10.00 Å². The molecule has 0 aromatic carbocycles. The molecule has 0 unspecified atom stereocenters. The van der Waals surface area contributed by atoms with E-state index in [9.17, 15) is 4.79 Å². The van der Waals surface area contributed by atoms with Crippen molar-refractivity contribution in [3.8, 4) is 0 Å². The zero-order valence-corrected chi connectivity index (χ0v) is 11.5. The highest BCUT2D eigenvalue weighted by molar-refractivity contribution is 7.99. The number of aromatic nitrogens is 2. The van der Waals surface area contributed by atoms with Crippen LogP contribution in [0.2, 0.25) is 0 Å². The standard InChI is InChI=1S/C12H19N3O2S/c1-2-15-10-11(9-13-15)12(16)17-6-3-14-4-7-18-8-5-14/h9-10H,2-8H2,1H3. The summed E-state index contributed by atoms with van der Waals surface area (Å²) in [5.41, 5.74) is 0.533. The van der Waals surface area contributed by atoms with E-state index in [0.717, 1.165) is 26.2 Å². The Kier molecular flexibility index (Phi) is 5.07. The highest BCUT2D eigenvalue weighted by Crippen LogP contribution is 2.08. The average Bonchev–Trinajstić information content (AvgIpc) is 2.89. The van der Waals surface area contributed by atoms with E-state index in [0.29, 0.717) is 12.2 Å². The third kappa shape index (κ3) is 3.74. The van der Waals surface area contributed by atoms with Gasteiger partial charge in [-0.1, -0.05) is 0 Å². The molecule has 0 N–H and O–H groups in total. The molecule has 0 bridgehead atoms. The monoisotopic (exact) mass is 269 g/mol. The van der Waals surface area contributed by atoms with Gasteiger partial charge in [-0.2, -0.15) is 16.9 Å². The van der Waals surface area contributed by atoms with E-state index in [1.807, 2.05) is 18.7 Å². The second-order valence-corrected chi connectivity index (χ2v) is 5.40. The highest BCUT2D eigenvalue weighted by atomic mass is 32.2. The molecule has 0 radical (unpaired) electrons. The molecule has 1 saturated heterocycles. The number of rotatable bonds is 5. The second kappa shape index (κ2) is 6.80. The second-order valence-electron chi connectivity index (χ2n) is 4.17. The third-order valence-electron chi connectivity index (χ3n) is 2.94. The molecular weight excluding hydrogens is 250 g/mol. The van der Waals surface area contributed by atoms with Crippen molar-refractivity contribution in [1.29, 1.82) is 0 Å². The minimum Gasteiger partial charge on any atom is -0.461 e. The van der Waals surface area contributed by atoms with Crippen molar-refractivity contribution in [3.63, 3.8) is 0 Å².